The first-order chi connectivity index (χ1) is 9.01. The van der Waals surface area contributed by atoms with Crippen LogP contribution >= 0.6 is 11.6 Å². The van der Waals surface area contributed by atoms with Crippen LogP contribution < -0.4 is 10.2 Å². The van der Waals surface area contributed by atoms with E-state index >= 15 is 0 Å². The average molecular weight is 278 g/mol. The third kappa shape index (κ3) is 2.93. The van der Waals surface area contributed by atoms with E-state index in [0.29, 0.717) is 22.7 Å². The molecule has 0 radical (unpaired) electrons. The summed E-state index contributed by atoms with van der Waals surface area (Å²) in [5, 5.41) is 3.64. The van der Waals surface area contributed by atoms with Crippen molar-refractivity contribution in [1.82, 2.24) is 15.0 Å². The topological polar surface area (TPSA) is 53.9 Å². The molecule has 1 heterocycles. The predicted octanol–water partition coefficient (Wildman–Crippen LogP) is 2.61. The molecule has 0 unspecified atom stereocenters. The fourth-order valence-corrected chi connectivity index (χ4v) is 1.72. The molecule has 0 amide bonds. The van der Waals surface area contributed by atoms with E-state index in [4.69, 9.17) is 11.6 Å². The van der Waals surface area contributed by atoms with Crippen molar-refractivity contribution in [3.05, 3.63) is 28.8 Å². The summed E-state index contributed by atoms with van der Waals surface area (Å²) in [6, 6.07) is 5.77. The Balaban J connectivity index is 2.54. The first-order valence-electron chi connectivity index (χ1n) is 5.89. The van der Waals surface area contributed by atoms with E-state index in [1.807, 2.05) is 44.1 Å². The maximum absolute atomic E-state index is 6.14. The van der Waals surface area contributed by atoms with Crippen LogP contribution in [0.3, 0.4) is 0 Å². The van der Waals surface area contributed by atoms with E-state index in [1.54, 1.807) is 7.05 Å². The molecule has 0 bridgehead atoms. The Labute approximate surface area is 117 Å². The van der Waals surface area contributed by atoms with Gasteiger partial charge in [-0.05, 0) is 18.6 Å². The summed E-state index contributed by atoms with van der Waals surface area (Å²) in [5.74, 6) is 1.74. The smallest absolute Gasteiger partial charge is 0.230 e. The van der Waals surface area contributed by atoms with Gasteiger partial charge in [-0.1, -0.05) is 23.7 Å². The summed E-state index contributed by atoms with van der Waals surface area (Å²) in [7, 11) is 5.56. The molecule has 19 heavy (non-hydrogen) atoms. The molecule has 2 aromatic rings. The zero-order valence-corrected chi connectivity index (χ0v) is 12.2. The lowest BCUT2D eigenvalue weighted by molar-refractivity contribution is 0.963. The maximum atomic E-state index is 6.14. The van der Waals surface area contributed by atoms with Crippen molar-refractivity contribution < 1.29 is 0 Å². The standard InChI is InChI=1S/C13H16ClN5/c1-8-5-6-9(7-10(8)14)11-16-12(15-2)18-13(17-11)19(3)4/h5-7H,1-4H3,(H,15,16,17,18). The van der Waals surface area contributed by atoms with Gasteiger partial charge in [-0.15, -0.1) is 0 Å². The van der Waals surface area contributed by atoms with Crippen molar-refractivity contribution >= 4 is 23.5 Å². The van der Waals surface area contributed by atoms with Crippen molar-refractivity contribution in [3.8, 4) is 11.4 Å². The van der Waals surface area contributed by atoms with Gasteiger partial charge in [-0.2, -0.15) is 15.0 Å². The highest BCUT2D eigenvalue weighted by Crippen LogP contribution is 2.24. The molecule has 0 aliphatic carbocycles. The van der Waals surface area contributed by atoms with Crippen LogP contribution in [-0.2, 0) is 0 Å². The van der Waals surface area contributed by atoms with Crippen LogP contribution in [0, 0.1) is 6.92 Å². The second kappa shape index (κ2) is 5.40. The van der Waals surface area contributed by atoms with E-state index in [-0.39, 0.29) is 0 Å². The lowest BCUT2D eigenvalue weighted by atomic mass is 10.1. The van der Waals surface area contributed by atoms with Crippen LogP contribution in [-0.4, -0.2) is 36.1 Å². The molecule has 2 rings (SSSR count). The number of benzene rings is 1. The van der Waals surface area contributed by atoms with Crippen molar-refractivity contribution in [3.63, 3.8) is 0 Å². The highest BCUT2D eigenvalue weighted by atomic mass is 35.5. The number of nitrogens with one attached hydrogen (secondary N) is 1. The highest BCUT2D eigenvalue weighted by Gasteiger charge is 2.10. The third-order valence-corrected chi connectivity index (χ3v) is 3.08. The molecular weight excluding hydrogens is 262 g/mol. The lowest BCUT2D eigenvalue weighted by Gasteiger charge is -2.12. The van der Waals surface area contributed by atoms with E-state index in [1.165, 1.54) is 0 Å². The van der Waals surface area contributed by atoms with Crippen LogP contribution in [0.2, 0.25) is 5.02 Å². The van der Waals surface area contributed by atoms with Crippen LogP contribution in [0.1, 0.15) is 5.56 Å². The van der Waals surface area contributed by atoms with Gasteiger partial charge in [0.15, 0.2) is 5.82 Å². The average Bonchev–Trinajstić information content (AvgIpc) is 2.41. The van der Waals surface area contributed by atoms with Gasteiger partial charge in [-0.25, -0.2) is 0 Å². The SMILES string of the molecule is CNc1nc(-c2ccc(C)c(Cl)c2)nc(N(C)C)n1. The summed E-state index contributed by atoms with van der Waals surface area (Å²) in [5.41, 5.74) is 1.90. The van der Waals surface area contributed by atoms with Crippen LogP contribution in [0.4, 0.5) is 11.9 Å². The zero-order valence-electron chi connectivity index (χ0n) is 11.4. The molecule has 0 saturated heterocycles. The monoisotopic (exact) mass is 277 g/mol. The Bertz CT molecular complexity index is 598. The lowest BCUT2D eigenvalue weighted by Crippen LogP contribution is -2.15. The molecule has 1 aromatic heterocycles. The van der Waals surface area contributed by atoms with Gasteiger partial charge in [0.05, 0.1) is 0 Å². The Morgan fingerprint density at radius 3 is 2.47 bits per heavy atom. The minimum Gasteiger partial charge on any atom is -0.357 e. The Morgan fingerprint density at radius 2 is 1.89 bits per heavy atom. The zero-order chi connectivity index (χ0) is 14.0. The molecule has 6 heteroatoms. The third-order valence-electron chi connectivity index (χ3n) is 2.68. The summed E-state index contributed by atoms with van der Waals surface area (Å²) in [6.45, 7) is 1.96. The second-order valence-corrected chi connectivity index (χ2v) is 4.80. The molecule has 0 spiro atoms. The highest BCUT2D eigenvalue weighted by molar-refractivity contribution is 6.31. The molecule has 100 valence electrons. The van der Waals surface area contributed by atoms with Crippen LogP contribution in [0.5, 0.6) is 0 Å². The summed E-state index contributed by atoms with van der Waals surface area (Å²) >= 11 is 6.14. The Kier molecular flexibility index (Phi) is 3.85. The second-order valence-electron chi connectivity index (χ2n) is 4.39. The number of hydrogen-bond acceptors (Lipinski definition) is 5. The molecule has 0 fully saturated rings. The molecule has 0 atom stereocenters. The molecule has 0 saturated carbocycles. The summed E-state index contributed by atoms with van der Waals surface area (Å²) < 4.78 is 0. The minimum absolute atomic E-state index is 0.533. The Morgan fingerprint density at radius 1 is 1.16 bits per heavy atom. The maximum Gasteiger partial charge on any atom is 0.230 e. The van der Waals surface area contributed by atoms with Crippen molar-refractivity contribution in [2.75, 3.05) is 31.4 Å². The van der Waals surface area contributed by atoms with Gasteiger partial charge < -0.3 is 10.2 Å². The van der Waals surface area contributed by atoms with Gasteiger partial charge >= 0.3 is 0 Å². The molecule has 0 aliphatic heterocycles. The summed E-state index contributed by atoms with van der Waals surface area (Å²) in [6.07, 6.45) is 0. The van der Waals surface area contributed by atoms with Gasteiger partial charge in [-0.3, -0.25) is 0 Å². The summed E-state index contributed by atoms with van der Waals surface area (Å²) in [4.78, 5) is 14.9. The minimum atomic E-state index is 0.533. The van der Waals surface area contributed by atoms with Gasteiger partial charge in [0.2, 0.25) is 11.9 Å². The van der Waals surface area contributed by atoms with Crippen molar-refractivity contribution in [2.45, 2.75) is 6.92 Å². The predicted molar refractivity (Wildman–Crippen MR) is 78.9 cm³/mol. The molecule has 0 aliphatic rings. The number of rotatable bonds is 3. The fraction of sp³-hybridized carbons (Fsp3) is 0.308. The number of anilines is 2. The number of hydrogen-bond donors (Lipinski definition) is 1. The molecule has 1 aromatic carbocycles. The normalized spacial score (nSPS) is 10.4. The fourth-order valence-electron chi connectivity index (χ4n) is 1.54. The van der Waals surface area contributed by atoms with Crippen LogP contribution in [0.15, 0.2) is 18.2 Å². The number of aryl methyl sites for hydroxylation is 1. The van der Waals surface area contributed by atoms with Crippen molar-refractivity contribution in [2.24, 2.45) is 0 Å². The van der Waals surface area contributed by atoms with E-state index < -0.39 is 0 Å². The van der Waals surface area contributed by atoms with E-state index in [0.717, 1.165) is 11.1 Å². The van der Waals surface area contributed by atoms with Crippen molar-refractivity contribution in [1.29, 1.82) is 0 Å². The number of nitrogens with zero attached hydrogens (tertiary/aromatic N) is 4. The van der Waals surface area contributed by atoms with E-state index in [9.17, 15) is 0 Å². The Hall–Kier alpha value is -1.88. The quantitative estimate of drug-likeness (QED) is 0.935. The van der Waals surface area contributed by atoms with E-state index in [2.05, 4.69) is 20.3 Å². The molecular formula is C13H16ClN5. The first-order valence-corrected chi connectivity index (χ1v) is 6.26. The number of aromatic nitrogens is 3. The van der Waals surface area contributed by atoms with Gasteiger partial charge in [0.25, 0.3) is 0 Å². The number of halogens is 1. The molecule has 1 N–H and O–H groups in total. The largest absolute Gasteiger partial charge is 0.357 e. The molecule has 5 nitrogen and oxygen atoms in total. The first kappa shape index (κ1) is 13.5. The van der Waals surface area contributed by atoms with Gasteiger partial charge in [0.1, 0.15) is 0 Å². The van der Waals surface area contributed by atoms with Gasteiger partial charge in [0, 0.05) is 31.7 Å². The van der Waals surface area contributed by atoms with Crippen LogP contribution in [0.25, 0.3) is 11.4 Å².